The van der Waals surface area contributed by atoms with Crippen molar-refractivity contribution in [3.8, 4) is 6.07 Å². The zero-order chi connectivity index (χ0) is 17.7. The van der Waals surface area contributed by atoms with Gasteiger partial charge in [-0.25, -0.2) is 0 Å². The maximum Gasteiger partial charge on any atom is 0.241 e. The van der Waals surface area contributed by atoms with E-state index >= 15 is 0 Å². The Morgan fingerprint density at radius 2 is 2.12 bits per heavy atom. The smallest absolute Gasteiger partial charge is 0.241 e. The molecule has 1 aliphatic heterocycles. The second kappa shape index (κ2) is 8.13. The molecule has 0 aliphatic carbocycles. The summed E-state index contributed by atoms with van der Waals surface area (Å²) in [6, 6.07) is 7.46. The third-order valence-corrected chi connectivity index (χ3v) is 4.50. The van der Waals surface area contributed by atoms with Gasteiger partial charge in [0.25, 0.3) is 0 Å². The van der Waals surface area contributed by atoms with E-state index < -0.39 is 0 Å². The largest absolute Gasteiger partial charge is 0.393 e. The quantitative estimate of drug-likeness (QED) is 0.860. The van der Waals surface area contributed by atoms with E-state index in [4.69, 9.17) is 0 Å². The van der Waals surface area contributed by atoms with Crippen LogP contribution in [0.25, 0.3) is 0 Å². The molecule has 6 nitrogen and oxygen atoms in total. The Morgan fingerprint density at radius 3 is 2.67 bits per heavy atom. The van der Waals surface area contributed by atoms with Crippen molar-refractivity contribution < 1.29 is 9.90 Å². The zero-order valence-electron chi connectivity index (χ0n) is 14.6. The highest BCUT2D eigenvalue weighted by Crippen LogP contribution is 2.27. The predicted molar refractivity (Wildman–Crippen MR) is 95.0 cm³/mol. The molecule has 24 heavy (non-hydrogen) atoms. The Morgan fingerprint density at radius 1 is 1.46 bits per heavy atom. The Hall–Kier alpha value is -2.10. The van der Waals surface area contributed by atoms with Crippen molar-refractivity contribution in [3.63, 3.8) is 0 Å². The first kappa shape index (κ1) is 18.2. The minimum atomic E-state index is -0.248. The van der Waals surface area contributed by atoms with Gasteiger partial charge in [0, 0.05) is 18.8 Å². The average Bonchev–Trinajstić information content (AvgIpc) is 2.56. The van der Waals surface area contributed by atoms with Crippen molar-refractivity contribution in [1.29, 1.82) is 5.26 Å². The van der Waals surface area contributed by atoms with Crippen LogP contribution < -0.4 is 10.2 Å². The summed E-state index contributed by atoms with van der Waals surface area (Å²) in [6.45, 7) is 3.44. The van der Waals surface area contributed by atoms with Gasteiger partial charge in [-0.05, 0) is 51.6 Å². The Balaban J connectivity index is 2.14. The maximum atomic E-state index is 12.3. The number of nitrogens with zero attached hydrogens (tertiary/aromatic N) is 3. The number of nitrogens with one attached hydrogen (secondary N) is 1. The summed E-state index contributed by atoms with van der Waals surface area (Å²) in [7, 11) is 3.75. The van der Waals surface area contributed by atoms with Crippen molar-refractivity contribution in [2.75, 3.05) is 37.4 Å². The average molecular weight is 330 g/mol. The molecule has 0 spiro atoms. The third-order valence-electron chi connectivity index (χ3n) is 4.50. The van der Waals surface area contributed by atoms with Crippen molar-refractivity contribution in [2.45, 2.75) is 38.3 Å². The van der Waals surface area contributed by atoms with Gasteiger partial charge in [-0.1, -0.05) is 6.92 Å². The maximum absolute atomic E-state index is 12.3. The summed E-state index contributed by atoms with van der Waals surface area (Å²) >= 11 is 0. The fourth-order valence-corrected chi connectivity index (χ4v) is 3.10. The summed E-state index contributed by atoms with van der Waals surface area (Å²) in [5.74, 6) is -0.0692. The van der Waals surface area contributed by atoms with Crippen LogP contribution in [-0.2, 0) is 4.79 Å². The lowest BCUT2D eigenvalue weighted by Crippen LogP contribution is -2.39. The fourth-order valence-electron chi connectivity index (χ4n) is 3.10. The molecule has 1 aliphatic rings. The number of aliphatic hydroxyl groups is 1. The number of benzene rings is 1. The number of anilines is 2. The van der Waals surface area contributed by atoms with E-state index in [1.165, 1.54) is 0 Å². The van der Waals surface area contributed by atoms with Gasteiger partial charge in [0.1, 0.15) is 6.07 Å². The third kappa shape index (κ3) is 4.25. The summed E-state index contributed by atoms with van der Waals surface area (Å²) in [4.78, 5) is 16.3. The van der Waals surface area contributed by atoms with Gasteiger partial charge in [0.2, 0.25) is 5.91 Å². The van der Waals surface area contributed by atoms with Crippen molar-refractivity contribution in [1.82, 2.24) is 4.90 Å². The minimum absolute atomic E-state index is 0.0692. The van der Waals surface area contributed by atoms with E-state index in [2.05, 4.69) is 16.3 Å². The predicted octanol–water partition coefficient (Wildman–Crippen LogP) is 1.80. The van der Waals surface area contributed by atoms with Crippen molar-refractivity contribution in [2.24, 2.45) is 0 Å². The summed E-state index contributed by atoms with van der Waals surface area (Å²) in [5.41, 5.74) is 2.04. The zero-order valence-corrected chi connectivity index (χ0v) is 14.6. The number of amides is 1. The highest BCUT2D eigenvalue weighted by molar-refractivity contribution is 5.95. The summed E-state index contributed by atoms with van der Waals surface area (Å²) < 4.78 is 0. The first-order valence-electron chi connectivity index (χ1n) is 8.40. The lowest BCUT2D eigenvalue weighted by molar-refractivity contribution is -0.120. The number of carbonyl (C=O) groups is 1. The lowest BCUT2D eigenvalue weighted by Gasteiger charge is -2.32. The first-order valence-corrected chi connectivity index (χ1v) is 8.40. The van der Waals surface area contributed by atoms with Crippen LogP contribution in [-0.4, -0.2) is 55.2 Å². The highest BCUT2D eigenvalue weighted by atomic mass is 16.3. The van der Waals surface area contributed by atoms with Crippen LogP contribution in [0.3, 0.4) is 0 Å². The molecule has 1 unspecified atom stereocenters. The SMILES string of the molecule is CCC(C(=O)Nc1ccc(N2CCC(O)CC2)c(C#N)c1)N(C)C. The molecule has 1 aromatic rings. The van der Waals surface area contributed by atoms with Gasteiger partial charge < -0.3 is 15.3 Å². The molecule has 0 bridgehead atoms. The second-order valence-electron chi connectivity index (χ2n) is 6.44. The summed E-state index contributed by atoms with van der Waals surface area (Å²) in [5, 5.41) is 22.0. The second-order valence-corrected chi connectivity index (χ2v) is 6.44. The Kier molecular flexibility index (Phi) is 6.18. The van der Waals surface area contributed by atoms with Crippen LogP contribution in [0, 0.1) is 11.3 Å². The molecule has 130 valence electrons. The van der Waals surface area contributed by atoms with E-state index in [-0.39, 0.29) is 18.1 Å². The summed E-state index contributed by atoms with van der Waals surface area (Å²) in [6.07, 6.45) is 1.90. The highest BCUT2D eigenvalue weighted by Gasteiger charge is 2.21. The van der Waals surface area contributed by atoms with Gasteiger partial charge >= 0.3 is 0 Å². The van der Waals surface area contributed by atoms with Crippen LogP contribution in [0.15, 0.2) is 18.2 Å². The van der Waals surface area contributed by atoms with Crippen LogP contribution in [0.5, 0.6) is 0 Å². The number of hydrogen-bond donors (Lipinski definition) is 2. The normalized spacial score (nSPS) is 16.8. The molecule has 1 amide bonds. The molecule has 0 aromatic heterocycles. The van der Waals surface area contributed by atoms with Crippen LogP contribution in [0.1, 0.15) is 31.7 Å². The van der Waals surface area contributed by atoms with E-state index in [9.17, 15) is 15.2 Å². The molecule has 2 rings (SSSR count). The molecule has 1 saturated heterocycles. The Bertz CT molecular complexity index is 616. The van der Waals surface area contributed by atoms with Crippen molar-refractivity contribution >= 4 is 17.3 Å². The van der Waals surface area contributed by atoms with Crippen LogP contribution in [0.4, 0.5) is 11.4 Å². The van der Waals surface area contributed by atoms with Gasteiger partial charge in [-0.15, -0.1) is 0 Å². The molecular weight excluding hydrogens is 304 g/mol. The number of piperidine rings is 1. The molecule has 1 heterocycles. The molecule has 6 heteroatoms. The van der Waals surface area contributed by atoms with Gasteiger partial charge in [0.15, 0.2) is 0 Å². The monoisotopic (exact) mass is 330 g/mol. The lowest BCUT2D eigenvalue weighted by atomic mass is 10.0. The first-order chi connectivity index (χ1) is 11.5. The standard InChI is InChI=1S/C18H26N4O2/c1-4-16(21(2)3)18(24)20-14-5-6-17(13(11-14)12-19)22-9-7-15(23)8-10-22/h5-6,11,15-16,23H,4,7-10H2,1-3H3,(H,20,24). The molecule has 1 aromatic carbocycles. The molecule has 1 atom stereocenters. The van der Waals surface area contributed by atoms with Gasteiger partial charge in [-0.2, -0.15) is 5.26 Å². The number of likely N-dealkylation sites (N-methyl/N-ethyl adjacent to an activating group) is 1. The molecule has 2 N–H and O–H groups in total. The van der Waals surface area contributed by atoms with E-state index in [1.54, 1.807) is 6.07 Å². The number of carbonyl (C=O) groups excluding carboxylic acids is 1. The van der Waals surface area contributed by atoms with Crippen molar-refractivity contribution in [3.05, 3.63) is 23.8 Å². The molecule has 0 saturated carbocycles. The van der Waals surface area contributed by atoms with E-state index in [1.807, 2.05) is 38.1 Å². The number of aliphatic hydroxyl groups excluding tert-OH is 1. The van der Waals surface area contributed by atoms with Gasteiger partial charge in [0.05, 0.1) is 23.4 Å². The fraction of sp³-hybridized carbons (Fsp3) is 0.556. The van der Waals surface area contributed by atoms with E-state index in [0.717, 1.165) is 25.2 Å². The number of hydrogen-bond acceptors (Lipinski definition) is 5. The van der Waals surface area contributed by atoms with Gasteiger partial charge in [-0.3, -0.25) is 9.69 Å². The molecule has 0 radical (unpaired) electrons. The van der Waals surface area contributed by atoms with Crippen LogP contribution in [0.2, 0.25) is 0 Å². The minimum Gasteiger partial charge on any atom is -0.393 e. The Labute approximate surface area is 143 Å². The number of rotatable bonds is 5. The van der Waals surface area contributed by atoms with E-state index in [0.29, 0.717) is 24.1 Å². The number of nitriles is 1. The van der Waals surface area contributed by atoms with Crippen LogP contribution >= 0.6 is 0 Å². The topological polar surface area (TPSA) is 79.6 Å². The molecule has 1 fully saturated rings. The molecular formula is C18H26N4O2.